The number of nitrogens with zero attached hydrogens (tertiary/aromatic N) is 5. The molecule has 0 spiro atoms. The third-order valence-corrected chi connectivity index (χ3v) is 5.49. The third-order valence-electron chi connectivity index (χ3n) is 5.49. The quantitative estimate of drug-likeness (QED) is 0.511. The van der Waals surface area contributed by atoms with Crippen molar-refractivity contribution < 1.29 is 5.11 Å². The fourth-order valence-corrected chi connectivity index (χ4v) is 3.76. The van der Waals surface area contributed by atoms with Gasteiger partial charge in [-0.3, -0.25) is 0 Å². The van der Waals surface area contributed by atoms with Crippen LogP contribution in [0.3, 0.4) is 0 Å². The Kier molecular flexibility index (Phi) is 9.18. The normalized spacial score (nSPS) is 15.4. The summed E-state index contributed by atoms with van der Waals surface area (Å²) in [4.78, 5) is 10.4. The van der Waals surface area contributed by atoms with Crippen molar-refractivity contribution in [1.82, 2.24) is 25.5 Å². The number of benzene rings is 1. The summed E-state index contributed by atoms with van der Waals surface area (Å²) >= 11 is 0. The van der Waals surface area contributed by atoms with Crippen molar-refractivity contribution in [3.8, 4) is 28.8 Å². The molecule has 3 heterocycles. The lowest BCUT2D eigenvalue weighted by atomic mass is 10.1. The third kappa shape index (κ3) is 7.15. The molecule has 8 heteroatoms. The summed E-state index contributed by atoms with van der Waals surface area (Å²) in [5.74, 6) is 7.63. The standard InChI is InChI=1S/C17H22N4O.C9H11N3/c1-12-6-4-5-9-21(11-12)15-10-14(19-20-17(15)18)13-7-2-3-8-16(13)22;1-8-5-7-11-9(12-8)4-3-6-10-2/h2-3,7-8,10,12,22H,4-6,9,11H2,1H3,(H2,18,20);5,7,10H,6H2,1-2H3. The van der Waals surface area contributed by atoms with Crippen LogP contribution in [0.15, 0.2) is 42.6 Å². The summed E-state index contributed by atoms with van der Waals surface area (Å²) in [5, 5.41) is 21.2. The fraction of sp³-hybridized carbons (Fsp3) is 0.385. The molecule has 4 N–H and O–H groups in total. The molecule has 0 bridgehead atoms. The lowest BCUT2D eigenvalue weighted by molar-refractivity contribution is 0.477. The van der Waals surface area contributed by atoms with Crippen LogP contribution in [0.4, 0.5) is 11.5 Å². The van der Waals surface area contributed by atoms with Crippen LogP contribution < -0.4 is 16.0 Å². The minimum atomic E-state index is 0.205. The molecule has 34 heavy (non-hydrogen) atoms. The van der Waals surface area contributed by atoms with Gasteiger partial charge in [0, 0.05) is 30.5 Å². The lowest BCUT2D eigenvalue weighted by Crippen LogP contribution is -2.28. The molecule has 1 unspecified atom stereocenters. The predicted molar refractivity (Wildman–Crippen MR) is 136 cm³/mol. The minimum Gasteiger partial charge on any atom is -0.507 e. The monoisotopic (exact) mass is 459 g/mol. The second-order valence-corrected chi connectivity index (χ2v) is 8.42. The fourth-order valence-electron chi connectivity index (χ4n) is 3.76. The van der Waals surface area contributed by atoms with Gasteiger partial charge in [-0.25, -0.2) is 9.97 Å². The van der Waals surface area contributed by atoms with Gasteiger partial charge in [0.2, 0.25) is 5.82 Å². The Bertz CT molecular complexity index is 1140. The van der Waals surface area contributed by atoms with Crippen molar-refractivity contribution in [1.29, 1.82) is 0 Å². The molecular formula is C26H33N7O. The molecule has 3 aromatic rings. The number of aryl methyl sites for hydroxylation is 1. The smallest absolute Gasteiger partial charge is 0.205 e. The van der Waals surface area contributed by atoms with Crippen LogP contribution in [0.5, 0.6) is 5.75 Å². The molecule has 2 aromatic heterocycles. The molecule has 8 nitrogen and oxygen atoms in total. The van der Waals surface area contributed by atoms with Crippen molar-refractivity contribution in [3.63, 3.8) is 0 Å². The first kappa shape index (κ1) is 24.9. The van der Waals surface area contributed by atoms with Crippen LogP contribution in [-0.2, 0) is 0 Å². The van der Waals surface area contributed by atoms with E-state index >= 15 is 0 Å². The van der Waals surface area contributed by atoms with Crippen LogP contribution in [0, 0.1) is 24.7 Å². The van der Waals surface area contributed by atoms with Gasteiger partial charge in [-0.1, -0.05) is 31.4 Å². The highest BCUT2D eigenvalue weighted by molar-refractivity contribution is 5.74. The van der Waals surface area contributed by atoms with Crippen molar-refractivity contribution >= 4 is 11.5 Å². The molecule has 4 rings (SSSR count). The van der Waals surface area contributed by atoms with Gasteiger partial charge in [0.15, 0.2) is 5.82 Å². The maximum Gasteiger partial charge on any atom is 0.205 e. The van der Waals surface area contributed by atoms with Gasteiger partial charge in [-0.15, -0.1) is 10.2 Å². The second kappa shape index (κ2) is 12.5. The maximum atomic E-state index is 10.0. The van der Waals surface area contributed by atoms with Gasteiger partial charge in [0.25, 0.3) is 0 Å². The van der Waals surface area contributed by atoms with E-state index in [1.54, 1.807) is 18.3 Å². The Balaban J connectivity index is 0.000000229. The number of hydrogen-bond acceptors (Lipinski definition) is 8. The van der Waals surface area contributed by atoms with Gasteiger partial charge in [0.1, 0.15) is 5.75 Å². The Morgan fingerprint density at radius 1 is 1.21 bits per heavy atom. The van der Waals surface area contributed by atoms with Crippen LogP contribution in [-0.4, -0.2) is 52.0 Å². The molecular weight excluding hydrogens is 426 g/mol. The van der Waals surface area contributed by atoms with Crippen molar-refractivity contribution in [2.45, 2.75) is 33.1 Å². The number of phenols is 1. The van der Waals surface area contributed by atoms with E-state index in [0.717, 1.165) is 30.9 Å². The molecule has 0 saturated carbocycles. The van der Waals surface area contributed by atoms with Gasteiger partial charge in [-0.05, 0) is 62.9 Å². The van der Waals surface area contributed by atoms with E-state index in [-0.39, 0.29) is 5.75 Å². The molecule has 1 atom stereocenters. The maximum absolute atomic E-state index is 10.0. The van der Waals surface area contributed by atoms with Gasteiger partial charge in [-0.2, -0.15) is 0 Å². The van der Waals surface area contributed by atoms with E-state index in [1.807, 2.05) is 38.2 Å². The first-order valence-electron chi connectivity index (χ1n) is 11.6. The van der Waals surface area contributed by atoms with Gasteiger partial charge in [0.05, 0.1) is 17.9 Å². The summed E-state index contributed by atoms with van der Waals surface area (Å²) in [6.07, 6.45) is 5.38. The van der Waals surface area contributed by atoms with Crippen LogP contribution in [0.2, 0.25) is 0 Å². The van der Waals surface area contributed by atoms with Crippen molar-refractivity contribution in [3.05, 3.63) is 54.1 Å². The molecule has 1 aliphatic heterocycles. The number of aromatic hydroxyl groups is 1. The molecule has 0 radical (unpaired) electrons. The zero-order chi connectivity index (χ0) is 24.3. The number of rotatable bonds is 3. The van der Waals surface area contributed by atoms with E-state index in [0.29, 0.717) is 35.4 Å². The summed E-state index contributed by atoms with van der Waals surface area (Å²) < 4.78 is 0. The van der Waals surface area contributed by atoms with E-state index < -0.39 is 0 Å². The van der Waals surface area contributed by atoms with Crippen molar-refractivity contribution in [2.75, 3.05) is 37.3 Å². The summed E-state index contributed by atoms with van der Waals surface area (Å²) in [6, 6.07) is 11.0. The zero-order valence-electron chi connectivity index (χ0n) is 20.1. The highest BCUT2D eigenvalue weighted by atomic mass is 16.3. The molecule has 178 valence electrons. The number of anilines is 2. The average molecular weight is 460 g/mol. The Labute approximate surface area is 201 Å². The largest absolute Gasteiger partial charge is 0.507 e. The molecule has 1 saturated heterocycles. The van der Waals surface area contributed by atoms with Crippen molar-refractivity contribution in [2.24, 2.45) is 5.92 Å². The molecule has 0 amide bonds. The summed E-state index contributed by atoms with van der Waals surface area (Å²) in [5.41, 5.74) is 9.25. The van der Waals surface area contributed by atoms with Gasteiger partial charge < -0.3 is 21.1 Å². The summed E-state index contributed by atoms with van der Waals surface area (Å²) in [7, 11) is 1.85. The zero-order valence-corrected chi connectivity index (χ0v) is 20.1. The molecule has 1 aromatic carbocycles. The SMILES string of the molecule is CC1CCCCN(c2cc(-c3ccccc3O)nnc2N)C1.CNCC#Cc1nccc(C)n1. The number of aromatic nitrogens is 4. The second-order valence-electron chi connectivity index (χ2n) is 8.42. The summed E-state index contributed by atoms with van der Waals surface area (Å²) in [6.45, 7) is 6.83. The number of nitrogens with two attached hydrogens (primary N) is 1. The number of para-hydroxylation sites is 1. The first-order valence-corrected chi connectivity index (χ1v) is 11.6. The topological polar surface area (TPSA) is 113 Å². The Hall–Kier alpha value is -3.70. The lowest BCUT2D eigenvalue weighted by Gasteiger charge is -2.26. The number of hydrogen-bond donors (Lipinski definition) is 3. The Morgan fingerprint density at radius 2 is 2.03 bits per heavy atom. The van der Waals surface area contributed by atoms with Crippen LogP contribution in [0.1, 0.15) is 37.7 Å². The van der Waals surface area contributed by atoms with E-state index in [9.17, 15) is 5.11 Å². The van der Waals surface area contributed by atoms with Crippen LogP contribution >= 0.6 is 0 Å². The van der Waals surface area contributed by atoms with Gasteiger partial charge >= 0.3 is 0 Å². The van der Waals surface area contributed by atoms with E-state index in [4.69, 9.17) is 5.73 Å². The number of phenolic OH excluding ortho intramolecular Hbond substituents is 1. The minimum absolute atomic E-state index is 0.205. The average Bonchev–Trinajstić information content (AvgIpc) is 3.05. The Morgan fingerprint density at radius 3 is 2.79 bits per heavy atom. The van der Waals surface area contributed by atoms with E-state index in [2.05, 4.69) is 49.1 Å². The predicted octanol–water partition coefficient (Wildman–Crippen LogP) is 3.41. The number of nitrogens with one attached hydrogen (secondary N) is 1. The number of nitrogen functional groups attached to an aromatic ring is 1. The van der Waals surface area contributed by atoms with Crippen LogP contribution in [0.25, 0.3) is 11.3 Å². The van der Waals surface area contributed by atoms with E-state index in [1.165, 1.54) is 12.8 Å². The molecule has 0 aliphatic carbocycles. The first-order chi connectivity index (χ1) is 16.5. The highest BCUT2D eigenvalue weighted by Gasteiger charge is 2.19. The highest BCUT2D eigenvalue weighted by Crippen LogP contribution is 2.32. The molecule has 1 aliphatic rings. The molecule has 1 fully saturated rings.